The number of ether oxygens (including phenoxy) is 2. The molecule has 2 aromatic rings. The van der Waals surface area contributed by atoms with E-state index in [1.165, 1.54) is 5.56 Å². The van der Waals surface area contributed by atoms with E-state index < -0.39 is 6.10 Å². The number of carbonyl (C=O) groups is 2. The van der Waals surface area contributed by atoms with E-state index in [-0.39, 0.29) is 18.5 Å². The second-order valence-electron chi connectivity index (χ2n) is 7.86. The number of aryl methyl sites for hydroxylation is 3. The van der Waals surface area contributed by atoms with Crippen LogP contribution in [-0.4, -0.2) is 60.6 Å². The van der Waals surface area contributed by atoms with Gasteiger partial charge in [0.15, 0.2) is 11.5 Å². The van der Waals surface area contributed by atoms with E-state index in [4.69, 9.17) is 9.47 Å². The summed E-state index contributed by atoms with van der Waals surface area (Å²) in [4.78, 5) is 29.0. The molecule has 0 radical (unpaired) electrons. The summed E-state index contributed by atoms with van der Waals surface area (Å²) in [6.07, 6.45) is -0.654. The minimum absolute atomic E-state index is 0.102. The summed E-state index contributed by atoms with van der Waals surface area (Å²) in [7, 11) is 0. The predicted octanol–water partition coefficient (Wildman–Crippen LogP) is 3.13. The molecule has 1 unspecified atom stereocenters. The van der Waals surface area contributed by atoms with Crippen molar-refractivity contribution in [1.29, 1.82) is 0 Å². The molecule has 30 heavy (non-hydrogen) atoms. The lowest BCUT2D eigenvalue weighted by Crippen LogP contribution is -2.55. The second-order valence-corrected chi connectivity index (χ2v) is 7.86. The van der Waals surface area contributed by atoms with Gasteiger partial charge < -0.3 is 24.6 Å². The summed E-state index contributed by atoms with van der Waals surface area (Å²) in [5, 5.41) is 3.01. The number of piperazine rings is 1. The molecule has 0 spiro atoms. The normalized spacial score (nSPS) is 18.2. The van der Waals surface area contributed by atoms with Crippen LogP contribution in [0.1, 0.15) is 16.7 Å². The maximum atomic E-state index is 12.8. The number of para-hydroxylation sites is 2. The van der Waals surface area contributed by atoms with Crippen LogP contribution in [0.15, 0.2) is 36.4 Å². The van der Waals surface area contributed by atoms with E-state index in [2.05, 4.69) is 18.3 Å². The molecule has 1 atom stereocenters. The monoisotopic (exact) mass is 409 g/mol. The highest BCUT2D eigenvalue weighted by Crippen LogP contribution is 2.31. The van der Waals surface area contributed by atoms with Gasteiger partial charge in [0.25, 0.3) is 5.91 Å². The standard InChI is InChI=1S/C23H27N3O4/c1-15-12-17(3)18(13-16(15)2)24-23(28)26-10-8-25(9-11-26)22(27)21-14-29-19-6-4-5-7-20(19)30-21/h4-7,12-13,21H,8-11,14H2,1-3H3,(H,24,28). The molecule has 7 nitrogen and oxygen atoms in total. The number of benzene rings is 2. The van der Waals surface area contributed by atoms with Gasteiger partial charge in [-0.15, -0.1) is 0 Å². The van der Waals surface area contributed by atoms with Gasteiger partial charge in [0.05, 0.1) is 0 Å². The average molecular weight is 409 g/mol. The van der Waals surface area contributed by atoms with Crippen LogP contribution >= 0.6 is 0 Å². The molecule has 2 aliphatic rings. The van der Waals surface area contributed by atoms with E-state index in [1.807, 2.05) is 38.1 Å². The zero-order chi connectivity index (χ0) is 21.3. The topological polar surface area (TPSA) is 71.1 Å². The Hall–Kier alpha value is -3.22. The fraction of sp³-hybridized carbons (Fsp3) is 0.391. The maximum absolute atomic E-state index is 12.8. The molecule has 7 heteroatoms. The average Bonchev–Trinajstić information content (AvgIpc) is 2.76. The molecule has 0 bridgehead atoms. The van der Waals surface area contributed by atoms with Crippen molar-refractivity contribution in [2.75, 3.05) is 38.1 Å². The van der Waals surface area contributed by atoms with E-state index in [0.29, 0.717) is 37.7 Å². The lowest BCUT2D eigenvalue weighted by atomic mass is 10.1. The van der Waals surface area contributed by atoms with Crippen LogP contribution in [0.5, 0.6) is 11.5 Å². The van der Waals surface area contributed by atoms with Crippen molar-refractivity contribution < 1.29 is 19.1 Å². The van der Waals surface area contributed by atoms with Crippen molar-refractivity contribution in [2.45, 2.75) is 26.9 Å². The summed E-state index contributed by atoms with van der Waals surface area (Å²) in [5.41, 5.74) is 4.21. The Bertz CT molecular complexity index is 967. The number of nitrogens with zero attached hydrogens (tertiary/aromatic N) is 2. The highest BCUT2D eigenvalue weighted by Gasteiger charge is 2.33. The summed E-state index contributed by atoms with van der Waals surface area (Å²) >= 11 is 0. The van der Waals surface area contributed by atoms with Crippen LogP contribution in [-0.2, 0) is 4.79 Å². The molecular formula is C23H27N3O4. The van der Waals surface area contributed by atoms with E-state index in [9.17, 15) is 9.59 Å². The van der Waals surface area contributed by atoms with Crippen molar-refractivity contribution in [2.24, 2.45) is 0 Å². The first-order valence-electron chi connectivity index (χ1n) is 10.2. The molecular weight excluding hydrogens is 382 g/mol. The highest BCUT2D eigenvalue weighted by molar-refractivity contribution is 5.90. The molecule has 2 aliphatic heterocycles. The zero-order valence-corrected chi connectivity index (χ0v) is 17.6. The Balaban J connectivity index is 1.32. The van der Waals surface area contributed by atoms with Crippen molar-refractivity contribution in [3.63, 3.8) is 0 Å². The zero-order valence-electron chi connectivity index (χ0n) is 17.6. The Morgan fingerprint density at radius 2 is 1.53 bits per heavy atom. The van der Waals surface area contributed by atoms with Crippen LogP contribution < -0.4 is 14.8 Å². The van der Waals surface area contributed by atoms with Crippen LogP contribution in [0, 0.1) is 20.8 Å². The highest BCUT2D eigenvalue weighted by atomic mass is 16.6. The number of rotatable bonds is 2. The number of nitrogens with one attached hydrogen (secondary N) is 1. The fourth-order valence-corrected chi connectivity index (χ4v) is 3.76. The molecule has 3 amide bonds. The Morgan fingerprint density at radius 3 is 2.27 bits per heavy atom. The van der Waals surface area contributed by atoms with Gasteiger partial charge in [-0.05, 0) is 55.7 Å². The largest absolute Gasteiger partial charge is 0.485 e. The number of anilines is 1. The first kappa shape index (κ1) is 20.1. The lowest BCUT2D eigenvalue weighted by Gasteiger charge is -2.37. The lowest BCUT2D eigenvalue weighted by molar-refractivity contribution is -0.142. The number of amides is 3. The fourth-order valence-electron chi connectivity index (χ4n) is 3.76. The molecule has 4 rings (SSSR count). The molecule has 1 saturated heterocycles. The van der Waals surface area contributed by atoms with Gasteiger partial charge >= 0.3 is 6.03 Å². The minimum atomic E-state index is -0.654. The Morgan fingerprint density at radius 1 is 0.900 bits per heavy atom. The smallest absolute Gasteiger partial charge is 0.321 e. The summed E-state index contributed by atoms with van der Waals surface area (Å²) < 4.78 is 11.5. The van der Waals surface area contributed by atoms with E-state index in [1.54, 1.807) is 15.9 Å². The molecule has 158 valence electrons. The maximum Gasteiger partial charge on any atom is 0.321 e. The van der Waals surface area contributed by atoms with Crippen LogP contribution in [0.4, 0.5) is 10.5 Å². The Labute approximate surface area is 176 Å². The van der Waals surface area contributed by atoms with Crippen LogP contribution in [0.25, 0.3) is 0 Å². The van der Waals surface area contributed by atoms with Crippen LogP contribution in [0.2, 0.25) is 0 Å². The molecule has 1 N–H and O–H groups in total. The summed E-state index contributed by atoms with van der Waals surface area (Å²) in [5.74, 6) is 1.14. The van der Waals surface area contributed by atoms with E-state index in [0.717, 1.165) is 16.8 Å². The number of fused-ring (bicyclic) bond motifs is 1. The van der Waals surface area contributed by atoms with Gasteiger partial charge in [0.2, 0.25) is 6.10 Å². The molecule has 1 fully saturated rings. The molecule has 2 heterocycles. The van der Waals surface area contributed by atoms with Gasteiger partial charge in [-0.3, -0.25) is 4.79 Å². The molecule has 0 saturated carbocycles. The van der Waals surface area contributed by atoms with Gasteiger partial charge in [-0.2, -0.15) is 0 Å². The number of urea groups is 1. The third kappa shape index (κ3) is 4.06. The summed E-state index contributed by atoms with van der Waals surface area (Å²) in [6, 6.07) is 11.3. The Kier molecular flexibility index (Phi) is 5.53. The van der Waals surface area contributed by atoms with Crippen LogP contribution in [0.3, 0.4) is 0 Å². The van der Waals surface area contributed by atoms with Crippen molar-refractivity contribution in [3.05, 3.63) is 53.1 Å². The molecule has 0 aliphatic carbocycles. The quantitative estimate of drug-likeness (QED) is 0.827. The summed E-state index contributed by atoms with van der Waals surface area (Å²) in [6.45, 7) is 8.18. The third-order valence-corrected chi connectivity index (χ3v) is 5.74. The van der Waals surface area contributed by atoms with Gasteiger partial charge in [0, 0.05) is 31.9 Å². The second kappa shape index (κ2) is 8.26. The van der Waals surface area contributed by atoms with Crippen molar-refractivity contribution >= 4 is 17.6 Å². The number of hydrogen-bond acceptors (Lipinski definition) is 4. The van der Waals surface area contributed by atoms with E-state index >= 15 is 0 Å². The third-order valence-electron chi connectivity index (χ3n) is 5.74. The number of hydrogen-bond donors (Lipinski definition) is 1. The van der Waals surface area contributed by atoms with Crippen molar-refractivity contribution in [1.82, 2.24) is 9.80 Å². The number of carbonyl (C=O) groups excluding carboxylic acids is 2. The minimum Gasteiger partial charge on any atom is -0.485 e. The van der Waals surface area contributed by atoms with Gasteiger partial charge in [-0.1, -0.05) is 18.2 Å². The first-order chi connectivity index (χ1) is 14.4. The molecule has 2 aromatic carbocycles. The van der Waals surface area contributed by atoms with Gasteiger partial charge in [0.1, 0.15) is 6.61 Å². The first-order valence-corrected chi connectivity index (χ1v) is 10.2. The molecule has 0 aromatic heterocycles. The predicted molar refractivity (Wildman–Crippen MR) is 114 cm³/mol. The van der Waals surface area contributed by atoms with Crippen molar-refractivity contribution in [3.8, 4) is 11.5 Å². The SMILES string of the molecule is Cc1cc(C)c(NC(=O)N2CCN(C(=O)C3COc4ccccc4O3)CC2)cc1C. The van der Waals surface area contributed by atoms with Gasteiger partial charge in [-0.25, -0.2) is 4.79 Å².